The minimum atomic E-state index is -0.544. The highest BCUT2D eigenvalue weighted by Gasteiger charge is 2.40. The zero-order valence-electron chi connectivity index (χ0n) is 12.9. The standard InChI is InChI=1S/C16H25BrN2O2/c1-10-9-19(14-7-8-15(20)18-12(14)3)16(21)13(10)6-4-5-11(2)17/h4-6,10-12,14,16,21H,7-9H2,1-3H3,(H,18,20)/b5-4-,13-6+. The number of rotatable bonds is 3. The Labute approximate surface area is 135 Å². The van der Waals surface area contributed by atoms with Crippen molar-refractivity contribution in [3.8, 4) is 0 Å². The van der Waals surface area contributed by atoms with Gasteiger partial charge in [0.15, 0.2) is 0 Å². The maximum Gasteiger partial charge on any atom is 0.220 e. The molecule has 2 saturated heterocycles. The molecule has 2 aliphatic rings. The maximum atomic E-state index is 11.4. The van der Waals surface area contributed by atoms with Crippen LogP contribution < -0.4 is 5.32 Å². The molecule has 2 aliphatic heterocycles. The third kappa shape index (κ3) is 3.96. The summed E-state index contributed by atoms with van der Waals surface area (Å²) >= 11 is 3.47. The summed E-state index contributed by atoms with van der Waals surface area (Å²) in [6.07, 6.45) is 6.91. The molecule has 5 atom stereocenters. The topological polar surface area (TPSA) is 52.6 Å². The summed E-state index contributed by atoms with van der Waals surface area (Å²) < 4.78 is 0. The second-order valence-corrected chi connectivity index (χ2v) is 7.61. The monoisotopic (exact) mass is 356 g/mol. The lowest BCUT2D eigenvalue weighted by Crippen LogP contribution is -2.55. The Morgan fingerprint density at radius 1 is 1.48 bits per heavy atom. The van der Waals surface area contributed by atoms with Crippen molar-refractivity contribution >= 4 is 21.8 Å². The maximum absolute atomic E-state index is 11.4. The minimum Gasteiger partial charge on any atom is -0.374 e. The molecule has 0 saturated carbocycles. The van der Waals surface area contributed by atoms with Crippen molar-refractivity contribution in [1.82, 2.24) is 10.2 Å². The summed E-state index contributed by atoms with van der Waals surface area (Å²) in [4.78, 5) is 13.9. The van der Waals surface area contributed by atoms with Crippen LogP contribution in [0, 0.1) is 5.92 Å². The van der Waals surface area contributed by atoms with E-state index in [0.29, 0.717) is 17.2 Å². The molecule has 118 valence electrons. The van der Waals surface area contributed by atoms with E-state index < -0.39 is 6.23 Å². The molecule has 0 aromatic heterocycles. The van der Waals surface area contributed by atoms with Crippen molar-refractivity contribution in [3.63, 3.8) is 0 Å². The Kier molecular flexibility index (Phi) is 5.63. The molecule has 5 unspecified atom stereocenters. The van der Waals surface area contributed by atoms with Crippen LogP contribution in [0.4, 0.5) is 0 Å². The first kappa shape index (κ1) is 16.7. The molecular weight excluding hydrogens is 332 g/mol. The predicted octanol–water partition coefficient (Wildman–Crippen LogP) is 2.19. The number of carbonyl (C=O) groups is 1. The van der Waals surface area contributed by atoms with Gasteiger partial charge in [0, 0.05) is 29.9 Å². The average Bonchev–Trinajstić information content (AvgIpc) is 2.66. The molecule has 0 aliphatic carbocycles. The van der Waals surface area contributed by atoms with Crippen molar-refractivity contribution in [2.24, 2.45) is 5.92 Å². The summed E-state index contributed by atoms with van der Waals surface area (Å²) in [5, 5.41) is 13.6. The number of nitrogens with zero attached hydrogens (tertiary/aromatic N) is 1. The first-order chi connectivity index (χ1) is 9.90. The number of hydrogen-bond acceptors (Lipinski definition) is 3. The van der Waals surface area contributed by atoms with E-state index in [0.717, 1.165) is 18.5 Å². The van der Waals surface area contributed by atoms with Gasteiger partial charge < -0.3 is 10.4 Å². The number of aliphatic hydroxyl groups excluding tert-OH is 1. The van der Waals surface area contributed by atoms with Crippen molar-refractivity contribution in [3.05, 3.63) is 23.8 Å². The molecule has 0 aromatic rings. The van der Waals surface area contributed by atoms with Crippen LogP contribution in [0.15, 0.2) is 23.8 Å². The summed E-state index contributed by atoms with van der Waals surface area (Å²) in [5.74, 6) is 0.450. The van der Waals surface area contributed by atoms with Crippen LogP contribution in [0.1, 0.15) is 33.6 Å². The third-order valence-electron chi connectivity index (χ3n) is 4.39. The van der Waals surface area contributed by atoms with E-state index in [2.05, 4.69) is 46.1 Å². The van der Waals surface area contributed by atoms with Crippen LogP contribution in [-0.2, 0) is 4.79 Å². The number of hydrogen-bond donors (Lipinski definition) is 2. The van der Waals surface area contributed by atoms with E-state index in [-0.39, 0.29) is 18.0 Å². The zero-order chi connectivity index (χ0) is 15.6. The lowest BCUT2D eigenvalue weighted by molar-refractivity contribution is -0.125. The second-order valence-electron chi connectivity index (χ2n) is 6.16. The molecule has 0 spiro atoms. The molecule has 0 bridgehead atoms. The molecule has 1 amide bonds. The van der Waals surface area contributed by atoms with E-state index in [4.69, 9.17) is 0 Å². The zero-order valence-corrected chi connectivity index (χ0v) is 14.5. The summed E-state index contributed by atoms with van der Waals surface area (Å²) in [5.41, 5.74) is 1.06. The van der Waals surface area contributed by atoms with Gasteiger partial charge in [0.1, 0.15) is 6.23 Å². The fourth-order valence-electron chi connectivity index (χ4n) is 3.26. The average molecular weight is 357 g/mol. The Balaban J connectivity index is 2.08. The number of piperidine rings is 1. The summed E-state index contributed by atoms with van der Waals surface area (Å²) in [7, 11) is 0. The van der Waals surface area contributed by atoms with Crippen molar-refractivity contribution in [2.75, 3.05) is 6.54 Å². The molecule has 2 N–H and O–H groups in total. The van der Waals surface area contributed by atoms with Crippen LogP contribution in [-0.4, -0.2) is 45.6 Å². The predicted molar refractivity (Wildman–Crippen MR) is 88.1 cm³/mol. The summed E-state index contributed by atoms with van der Waals surface area (Å²) in [6, 6.07) is 0.302. The van der Waals surface area contributed by atoms with E-state index >= 15 is 0 Å². The van der Waals surface area contributed by atoms with Gasteiger partial charge in [-0.3, -0.25) is 9.69 Å². The second kappa shape index (κ2) is 7.07. The van der Waals surface area contributed by atoms with Crippen LogP contribution in [0.2, 0.25) is 0 Å². The van der Waals surface area contributed by atoms with Crippen LogP contribution in [0.5, 0.6) is 0 Å². The summed E-state index contributed by atoms with van der Waals surface area (Å²) in [6.45, 7) is 7.07. The SMILES string of the molecule is CC(Br)/C=C\C=C1/C(C)CN(C2CCC(=O)NC2C)C1O. The number of nitrogens with one attached hydrogen (secondary N) is 1. The number of likely N-dealkylation sites (tertiary alicyclic amines) is 1. The van der Waals surface area contributed by atoms with E-state index in [1.807, 2.05) is 19.1 Å². The molecule has 2 fully saturated rings. The number of aliphatic hydroxyl groups is 1. The Morgan fingerprint density at radius 2 is 2.19 bits per heavy atom. The van der Waals surface area contributed by atoms with Crippen molar-refractivity contribution in [1.29, 1.82) is 0 Å². The van der Waals surface area contributed by atoms with Crippen molar-refractivity contribution in [2.45, 2.75) is 56.8 Å². The lowest BCUT2D eigenvalue weighted by atomic mass is 9.98. The Morgan fingerprint density at radius 3 is 2.81 bits per heavy atom. The van der Waals surface area contributed by atoms with Gasteiger partial charge in [0.05, 0.1) is 0 Å². The number of allylic oxidation sites excluding steroid dienone is 3. The fraction of sp³-hybridized carbons (Fsp3) is 0.688. The van der Waals surface area contributed by atoms with E-state index in [1.54, 1.807) is 0 Å². The van der Waals surface area contributed by atoms with Gasteiger partial charge in [0.2, 0.25) is 5.91 Å². The molecule has 5 heteroatoms. The van der Waals surface area contributed by atoms with Gasteiger partial charge in [-0.15, -0.1) is 0 Å². The highest BCUT2D eigenvalue weighted by molar-refractivity contribution is 9.09. The quantitative estimate of drug-likeness (QED) is 0.762. The largest absolute Gasteiger partial charge is 0.374 e. The lowest BCUT2D eigenvalue weighted by Gasteiger charge is -2.38. The molecule has 4 nitrogen and oxygen atoms in total. The molecule has 0 aromatic carbocycles. The van der Waals surface area contributed by atoms with E-state index in [1.165, 1.54) is 0 Å². The molecule has 2 rings (SSSR count). The van der Waals surface area contributed by atoms with Gasteiger partial charge in [-0.1, -0.05) is 41.1 Å². The Bertz CT molecular complexity index is 448. The number of alkyl halides is 1. The first-order valence-electron chi connectivity index (χ1n) is 7.65. The third-order valence-corrected chi connectivity index (χ3v) is 4.70. The van der Waals surface area contributed by atoms with E-state index in [9.17, 15) is 9.90 Å². The van der Waals surface area contributed by atoms with Gasteiger partial charge in [0.25, 0.3) is 0 Å². The van der Waals surface area contributed by atoms with Gasteiger partial charge in [-0.05, 0) is 31.8 Å². The fourth-order valence-corrected chi connectivity index (χ4v) is 3.43. The van der Waals surface area contributed by atoms with Crippen LogP contribution in [0.3, 0.4) is 0 Å². The normalized spacial score (nSPS) is 38.1. The molecule has 0 radical (unpaired) electrons. The molecular formula is C16H25BrN2O2. The van der Waals surface area contributed by atoms with Crippen molar-refractivity contribution < 1.29 is 9.90 Å². The first-order valence-corrected chi connectivity index (χ1v) is 8.57. The highest BCUT2D eigenvalue weighted by Crippen LogP contribution is 2.32. The molecule has 21 heavy (non-hydrogen) atoms. The van der Waals surface area contributed by atoms with Gasteiger partial charge in [-0.25, -0.2) is 0 Å². The van der Waals surface area contributed by atoms with Gasteiger partial charge in [-0.2, -0.15) is 0 Å². The van der Waals surface area contributed by atoms with Crippen LogP contribution >= 0.6 is 15.9 Å². The number of carbonyl (C=O) groups excluding carboxylic acids is 1. The smallest absolute Gasteiger partial charge is 0.220 e. The number of amides is 1. The molecule has 2 heterocycles. The number of halogens is 1. The minimum absolute atomic E-state index is 0.0885. The van der Waals surface area contributed by atoms with Crippen LogP contribution in [0.25, 0.3) is 0 Å². The van der Waals surface area contributed by atoms with Gasteiger partial charge >= 0.3 is 0 Å². The highest BCUT2D eigenvalue weighted by atomic mass is 79.9. The Hall–Kier alpha value is -0.650.